The number of carbonyl (C=O) groups excluding carboxylic acids is 1. The van der Waals surface area contributed by atoms with E-state index in [4.69, 9.17) is 0 Å². The van der Waals surface area contributed by atoms with Crippen LogP contribution in [0.1, 0.15) is 50.8 Å². The molecule has 0 fully saturated rings. The van der Waals surface area contributed by atoms with E-state index < -0.39 is 10.0 Å². The van der Waals surface area contributed by atoms with Crippen LogP contribution in [0.5, 0.6) is 0 Å². The maximum atomic E-state index is 12.5. The van der Waals surface area contributed by atoms with Crippen LogP contribution in [0.15, 0.2) is 35.2 Å². The van der Waals surface area contributed by atoms with Crippen LogP contribution in [0.4, 0.5) is 5.69 Å². The third-order valence-corrected chi connectivity index (χ3v) is 6.14. The third kappa shape index (κ3) is 4.31. The highest BCUT2D eigenvalue weighted by molar-refractivity contribution is 7.89. The number of sulfonamides is 1. The van der Waals surface area contributed by atoms with Crippen molar-refractivity contribution in [1.29, 1.82) is 0 Å². The monoisotopic (exact) mass is 378 g/mol. The Labute approximate surface area is 154 Å². The lowest BCUT2D eigenvalue weighted by atomic mass is 9.92. The summed E-state index contributed by atoms with van der Waals surface area (Å²) in [6, 6.07) is 7.86. The molecule has 1 heterocycles. The number of nitrogens with one attached hydrogen (secondary N) is 2. The van der Waals surface area contributed by atoms with Gasteiger partial charge in [-0.15, -0.1) is 0 Å². The highest BCUT2D eigenvalue weighted by atomic mass is 32.2. The van der Waals surface area contributed by atoms with E-state index in [1.807, 2.05) is 20.8 Å². The standard InChI is InChI=1S/C18H26N4O3S/c1-6-22(7-2)26(24,25)14-10-8-13(9-11-14)19-17(23)15-12-16(21-20-15)18(3,4)5/h8-12H,6-7H2,1-5H3,(H,19,23)(H,20,21). The molecule has 1 amide bonds. The van der Waals surface area contributed by atoms with Crippen molar-refractivity contribution in [3.05, 3.63) is 41.7 Å². The largest absolute Gasteiger partial charge is 0.321 e. The molecule has 0 saturated heterocycles. The fourth-order valence-corrected chi connectivity index (χ4v) is 3.90. The van der Waals surface area contributed by atoms with Gasteiger partial charge >= 0.3 is 0 Å². The first kappa shape index (κ1) is 20.1. The summed E-state index contributed by atoms with van der Waals surface area (Å²) in [5.41, 5.74) is 1.53. The first-order valence-corrected chi connectivity index (χ1v) is 10.0. The zero-order valence-corrected chi connectivity index (χ0v) is 16.6. The number of benzene rings is 1. The Morgan fingerprint density at radius 1 is 1.15 bits per heavy atom. The number of aromatic amines is 1. The molecule has 7 nitrogen and oxygen atoms in total. The van der Waals surface area contributed by atoms with Crippen molar-refractivity contribution >= 4 is 21.6 Å². The topological polar surface area (TPSA) is 95.2 Å². The van der Waals surface area contributed by atoms with E-state index >= 15 is 0 Å². The summed E-state index contributed by atoms with van der Waals surface area (Å²) in [7, 11) is -3.51. The zero-order chi connectivity index (χ0) is 19.5. The number of anilines is 1. The van der Waals surface area contributed by atoms with Gasteiger partial charge in [0.15, 0.2) is 5.69 Å². The molecule has 2 rings (SSSR count). The Hall–Kier alpha value is -2.19. The van der Waals surface area contributed by atoms with Gasteiger partial charge in [0.1, 0.15) is 0 Å². The number of hydrogen-bond donors (Lipinski definition) is 2. The smallest absolute Gasteiger partial charge is 0.276 e. The first-order chi connectivity index (χ1) is 12.1. The van der Waals surface area contributed by atoms with Crippen LogP contribution >= 0.6 is 0 Å². The average Bonchev–Trinajstić information content (AvgIpc) is 3.06. The second kappa shape index (κ2) is 7.59. The number of rotatable bonds is 6. The average molecular weight is 378 g/mol. The van der Waals surface area contributed by atoms with E-state index in [1.165, 1.54) is 16.4 Å². The molecule has 1 aromatic carbocycles. The van der Waals surface area contributed by atoms with Crippen LogP contribution in [0.3, 0.4) is 0 Å². The van der Waals surface area contributed by atoms with Crippen LogP contribution in [-0.4, -0.2) is 41.9 Å². The van der Waals surface area contributed by atoms with Crippen molar-refractivity contribution < 1.29 is 13.2 Å². The normalized spacial score (nSPS) is 12.4. The highest BCUT2D eigenvalue weighted by Crippen LogP contribution is 2.21. The third-order valence-electron chi connectivity index (χ3n) is 4.07. The Kier molecular flexibility index (Phi) is 5.87. The molecule has 0 atom stereocenters. The minimum atomic E-state index is -3.51. The lowest BCUT2D eigenvalue weighted by molar-refractivity contribution is 0.102. The summed E-state index contributed by atoms with van der Waals surface area (Å²) in [4.78, 5) is 12.5. The zero-order valence-electron chi connectivity index (χ0n) is 15.8. The molecule has 0 spiro atoms. The van der Waals surface area contributed by atoms with E-state index in [0.29, 0.717) is 18.8 Å². The second-order valence-electron chi connectivity index (χ2n) is 6.98. The van der Waals surface area contributed by atoms with Crippen LogP contribution in [0, 0.1) is 0 Å². The SMILES string of the molecule is CCN(CC)S(=O)(=O)c1ccc(NC(=O)c2cc(C(C)(C)C)[nH]n2)cc1. The minimum Gasteiger partial charge on any atom is -0.321 e. The van der Waals surface area contributed by atoms with Gasteiger partial charge in [0.05, 0.1) is 4.90 Å². The summed E-state index contributed by atoms with van der Waals surface area (Å²) in [5.74, 6) is -0.351. The number of hydrogen-bond acceptors (Lipinski definition) is 4. The van der Waals surface area contributed by atoms with Gasteiger partial charge in [-0.3, -0.25) is 9.89 Å². The molecule has 142 valence electrons. The van der Waals surface area contributed by atoms with E-state index in [0.717, 1.165) is 5.69 Å². The quantitative estimate of drug-likeness (QED) is 0.808. The fourth-order valence-electron chi connectivity index (χ4n) is 2.44. The van der Waals surface area contributed by atoms with Crippen molar-refractivity contribution in [2.75, 3.05) is 18.4 Å². The second-order valence-corrected chi connectivity index (χ2v) is 8.92. The van der Waals surface area contributed by atoms with Gasteiger partial charge in [-0.1, -0.05) is 34.6 Å². The summed E-state index contributed by atoms with van der Waals surface area (Å²) in [6.45, 7) is 10.5. The molecule has 0 aliphatic heterocycles. The lowest BCUT2D eigenvalue weighted by Gasteiger charge is -2.18. The number of amides is 1. The molecule has 0 aliphatic carbocycles. The summed E-state index contributed by atoms with van der Waals surface area (Å²) in [6.07, 6.45) is 0. The Morgan fingerprint density at radius 3 is 2.19 bits per heavy atom. The number of aromatic nitrogens is 2. The molecule has 1 aromatic heterocycles. The fraction of sp³-hybridized carbons (Fsp3) is 0.444. The van der Waals surface area contributed by atoms with Crippen LogP contribution < -0.4 is 5.32 Å². The molecule has 26 heavy (non-hydrogen) atoms. The van der Waals surface area contributed by atoms with Crippen LogP contribution in [0.2, 0.25) is 0 Å². The molecule has 0 saturated carbocycles. The number of nitrogens with zero attached hydrogens (tertiary/aromatic N) is 2. The molecular weight excluding hydrogens is 352 g/mol. The lowest BCUT2D eigenvalue weighted by Crippen LogP contribution is -2.30. The molecule has 8 heteroatoms. The maximum Gasteiger partial charge on any atom is 0.276 e. The highest BCUT2D eigenvalue weighted by Gasteiger charge is 2.22. The molecular formula is C18H26N4O3S. The summed E-state index contributed by atoms with van der Waals surface area (Å²) < 4.78 is 26.3. The van der Waals surface area contributed by atoms with Gasteiger partial charge in [0.25, 0.3) is 5.91 Å². The van der Waals surface area contributed by atoms with Gasteiger partial charge in [-0.25, -0.2) is 8.42 Å². The van der Waals surface area contributed by atoms with E-state index in [2.05, 4.69) is 15.5 Å². The van der Waals surface area contributed by atoms with E-state index in [-0.39, 0.29) is 21.9 Å². The summed E-state index contributed by atoms with van der Waals surface area (Å²) in [5, 5.41) is 9.64. The van der Waals surface area contributed by atoms with Gasteiger partial charge in [-0.2, -0.15) is 9.40 Å². The molecule has 0 unspecified atom stereocenters. The first-order valence-electron chi connectivity index (χ1n) is 8.57. The minimum absolute atomic E-state index is 0.133. The number of carbonyl (C=O) groups is 1. The number of H-pyrrole nitrogens is 1. The molecule has 0 radical (unpaired) electrons. The van der Waals surface area contributed by atoms with Gasteiger partial charge in [-0.05, 0) is 30.3 Å². The van der Waals surface area contributed by atoms with Crippen molar-refractivity contribution in [3.8, 4) is 0 Å². The molecule has 0 bridgehead atoms. The Bertz CT molecular complexity index is 861. The van der Waals surface area contributed by atoms with Crippen molar-refractivity contribution in [2.45, 2.75) is 44.9 Å². The van der Waals surface area contributed by atoms with E-state index in [1.54, 1.807) is 32.0 Å². The maximum absolute atomic E-state index is 12.5. The predicted octanol–water partition coefficient (Wildman–Crippen LogP) is 2.99. The van der Waals surface area contributed by atoms with Gasteiger partial charge in [0.2, 0.25) is 10.0 Å². The van der Waals surface area contributed by atoms with Gasteiger partial charge < -0.3 is 5.32 Å². The van der Waals surface area contributed by atoms with Crippen molar-refractivity contribution in [2.24, 2.45) is 0 Å². The Balaban J connectivity index is 2.14. The van der Waals surface area contributed by atoms with Crippen LogP contribution in [-0.2, 0) is 15.4 Å². The van der Waals surface area contributed by atoms with E-state index in [9.17, 15) is 13.2 Å². The molecule has 2 N–H and O–H groups in total. The van der Waals surface area contributed by atoms with Crippen molar-refractivity contribution in [3.63, 3.8) is 0 Å². The Morgan fingerprint density at radius 2 is 1.73 bits per heavy atom. The summed E-state index contributed by atoms with van der Waals surface area (Å²) >= 11 is 0. The molecule has 0 aliphatic rings. The van der Waals surface area contributed by atoms with Crippen LogP contribution in [0.25, 0.3) is 0 Å². The van der Waals surface area contributed by atoms with Crippen molar-refractivity contribution in [1.82, 2.24) is 14.5 Å². The predicted molar refractivity (Wildman–Crippen MR) is 102 cm³/mol. The van der Waals surface area contributed by atoms with Gasteiger partial charge in [0, 0.05) is 29.9 Å². The molecule has 2 aromatic rings.